The summed E-state index contributed by atoms with van der Waals surface area (Å²) < 4.78 is 11.8. The van der Waals surface area contributed by atoms with Crippen molar-refractivity contribution in [2.45, 2.75) is 62.4 Å². The summed E-state index contributed by atoms with van der Waals surface area (Å²) in [6.07, 6.45) is -4.08. The quantitative estimate of drug-likeness (QED) is 0.337. The van der Waals surface area contributed by atoms with Crippen LogP contribution >= 0.6 is 0 Å². The molecule has 0 spiro atoms. The largest absolute Gasteiger partial charge is 0.507 e. The van der Waals surface area contributed by atoms with Gasteiger partial charge in [0.15, 0.2) is 23.6 Å². The third-order valence-corrected chi connectivity index (χ3v) is 7.40. The topological polar surface area (TPSA) is 177 Å². The maximum atomic E-state index is 13.3. The number of hydrogen-bond acceptors (Lipinski definition) is 10. The monoisotopic (exact) mass is 497 g/mol. The van der Waals surface area contributed by atoms with Gasteiger partial charge in [0.1, 0.15) is 18.0 Å². The number of benzene rings is 2. The van der Waals surface area contributed by atoms with Gasteiger partial charge in [0.05, 0.1) is 23.9 Å². The maximum absolute atomic E-state index is 13.3. The third-order valence-electron chi connectivity index (χ3n) is 7.40. The van der Waals surface area contributed by atoms with Gasteiger partial charge in [-0.05, 0) is 18.6 Å². The fraction of sp³-hybridized carbons (Fsp3) is 0.423. The molecular weight excluding hydrogens is 470 g/mol. The lowest BCUT2D eigenvalue weighted by Gasteiger charge is -2.42. The summed E-state index contributed by atoms with van der Waals surface area (Å²) in [5, 5.41) is 42.0. The molecule has 6 atom stereocenters. The Labute approximate surface area is 206 Å². The Hall–Kier alpha value is -2.99. The number of rotatable bonds is 4. The van der Waals surface area contributed by atoms with Gasteiger partial charge in [0.2, 0.25) is 0 Å². The molecule has 1 aliphatic heterocycles. The predicted octanol–water partition coefficient (Wildman–Crippen LogP) is 0.287. The predicted molar refractivity (Wildman–Crippen MR) is 124 cm³/mol. The molecule has 0 amide bonds. The maximum Gasteiger partial charge on any atom is 0.198 e. The molecular formula is C26H27NO9. The number of aliphatic hydroxyl groups is 3. The highest BCUT2D eigenvalue weighted by atomic mass is 16.7. The van der Waals surface area contributed by atoms with Crippen molar-refractivity contribution in [3.05, 3.63) is 63.7 Å². The summed E-state index contributed by atoms with van der Waals surface area (Å²) >= 11 is 0. The number of phenols is 1. The third kappa shape index (κ3) is 3.78. The smallest absolute Gasteiger partial charge is 0.198 e. The van der Waals surface area contributed by atoms with Gasteiger partial charge in [-0.15, -0.1) is 0 Å². The number of ketones is 3. The van der Waals surface area contributed by atoms with E-state index in [0.717, 1.165) is 0 Å². The molecule has 2 aliphatic carbocycles. The van der Waals surface area contributed by atoms with Crippen LogP contribution in [-0.4, -0.2) is 74.5 Å². The first kappa shape index (κ1) is 24.7. The van der Waals surface area contributed by atoms with E-state index in [0.29, 0.717) is 5.56 Å². The zero-order valence-corrected chi connectivity index (χ0v) is 19.5. The van der Waals surface area contributed by atoms with Gasteiger partial charge in [-0.25, -0.2) is 0 Å². The first-order chi connectivity index (χ1) is 17.1. The zero-order valence-electron chi connectivity index (χ0n) is 19.5. The fourth-order valence-electron chi connectivity index (χ4n) is 5.39. The van der Waals surface area contributed by atoms with Crippen molar-refractivity contribution in [1.82, 2.24) is 0 Å². The van der Waals surface area contributed by atoms with E-state index in [4.69, 9.17) is 15.2 Å². The summed E-state index contributed by atoms with van der Waals surface area (Å²) in [5.41, 5.74) is 4.44. The Morgan fingerprint density at radius 3 is 2.50 bits per heavy atom. The van der Waals surface area contributed by atoms with Crippen molar-refractivity contribution in [2.75, 3.05) is 6.61 Å². The molecule has 0 aromatic heterocycles. The number of Topliss-reactive ketones (excluding diaryl/α,β-unsaturated/α-hetero) is 1. The van der Waals surface area contributed by atoms with Gasteiger partial charge in [-0.2, -0.15) is 0 Å². The molecule has 36 heavy (non-hydrogen) atoms. The lowest BCUT2D eigenvalue weighted by Crippen LogP contribution is -2.53. The first-order valence-electron chi connectivity index (χ1n) is 11.7. The highest BCUT2D eigenvalue weighted by Crippen LogP contribution is 2.47. The fourth-order valence-corrected chi connectivity index (χ4v) is 5.39. The van der Waals surface area contributed by atoms with Crippen molar-refractivity contribution in [2.24, 2.45) is 5.73 Å². The number of fused-ring (bicyclic) bond motifs is 3. The second-order valence-electron chi connectivity index (χ2n) is 9.70. The van der Waals surface area contributed by atoms with Gasteiger partial charge in [-0.3, -0.25) is 14.4 Å². The van der Waals surface area contributed by atoms with Crippen LogP contribution in [0.3, 0.4) is 0 Å². The van der Waals surface area contributed by atoms with E-state index in [-0.39, 0.29) is 47.1 Å². The number of aromatic hydroxyl groups is 1. The van der Waals surface area contributed by atoms with Crippen molar-refractivity contribution in [3.63, 3.8) is 0 Å². The Bertz CT molecular complexity index is 1260. The number of carbonyl (C=O) groups is 3. The summed E-state index contributed by atoms with van der Waals surface area (Å²) in [7, 11) is 0. The van der Waals surface area contributed by atoms with Gasteiger partial charge in [0, 0.05) is 47.6 Å². The first-order valence-corrected chi connectivity index (χ1v) is 11.7. The van der Waals surface area contributed by atoms with E-state index in [2.05, 4.69) is 0 Å². The lowest BCUT2D eigenvalue weighted by atomic mass is 9.72. The zero-order chi connectivity index (χ0) is 25.9. The molecule has 10 heteroatoms. The molecule has 0 bridgehead atoms. The number of phenolic OH excluding ortho intramolecular Hbond substituents is 1. The van der Waals surface area contributed by atoms with E-state index < -0.39 is 66.0 Å². The van der Waals surface area contributed by atoms with Crippen LogP contribution in [0, 0.1) is 0 Å². The second-order valence-corrected chi connectivity index (χ2v) is 9.70. The number of carbonyl (C=O) groups excluding carboxylic acids is 3. The van der Waals surface area contributed by atoms with Gasteiger partial charge in [0.25, 0.3) is 0 Å². The summed E-state index contributed by atoms with van der Waals surface area (Å²) in [4.78, 5) is 39.0. The molecule has 190 valence electrons. The molecule has 6 N–H and O–H groups in total. The highest BCUT2D eigenvalue weighted by molar-refractivity contribution is 6.29. The summed E-state index contributed by atoms with van der Waals surface area (Å²) in [6.45, 7) is 0.688. The van der Waals surface area contributed by atoms with Crippen LogP contribution in [0.5, 0.6) is 5.75 Å². The van der Waals surface area contributed by atoms with E-state index in [1.807, 2.05) is 0 Å². The average molecular weight is 498 g/mol. The minimum Gasteiger partial charge on any atom is -0.507 e. The van der Waals surface area contributed by atoms with Crippen molar-refractivity contribution >= 4 is 17.3 Å². The molecule has 1 fully saturated rings. The highest BCUT2D eigenvalue weighted by Gasteiger charge is 2.48. The normalized spacial score (nSPS) is 31.4. The van der Waals surface area contributed by atoms with Gasteiger partial charge in [-0.1, -0.05) is 24.3 Å². The molecule has 1 saturated heterocycles. The van der Waals surface area contributed by atoms with Crippen LogP contribution in [0.2, 0.25) is 0 Å². The molecule has 2 aromatic carbocycles. The average Bonchev–Trinajstić information content (AvgIpc) is 2.85. The van der Waals surface area contributed by atoms with Crippen LogP contribution in [0.1, 0.15) is 68.8 Å². The number of nitrogens with two attached hydrogens (primary N) is 1. The number of aliphatic hydroxyl groups excluding tert-OH is 2. The van der Waals surface area contributed by atoms with E-state index in [1.165, 1.54) is 18.2 Å². The second kappa shape index (κ2) is 8.84. The standard InChI is InChI=1S/C26H27NO9/c1-11-22(30)17(27)7-20(35-11)36-18-9-26(34,19(29)10-28)8-16-14(18)6-15-21(25(16)33)24(32)13-5-3-2-4-12(13)23(15)31/h2-6,11,17-18,20,22,28,30,33-34H,7-10,27H2,1H3/t11-,17-,18-,20-,22+,26-/m0/s1. The van der Waals surface area contributed by atoms with Crippen LogP contribution in [0.4, 0.5) is 0 Å². The minimum atomic E-state index is -2.10. The number of ether oxygens (including phenoxy) is 2. The SMILES string of the molecule is C[C@@H]1O[C@@H](O[C@H]2C[C@](O)(C(=O)CO)Cc3c2cc2c(c3O)C(=O)c3ccccc3C2=O)C[C@H](N)[C@@H]1O. The molecule has 2 aromatic rings. The van der Waals surface area contributed by atoms with E-state index >= 15 is 0 Å². The van der Waals surface area contributed by atoms with E-state index in [1.54, 1.807) is 19.1 Å². The summed E-state index contributed by atoms with van der Waals surface area (Å²) in [6, 6.07) is 7.08. The molecule has 10 nitrogen and oxygen atoms in total. The van der Waals surface area contributed by atoms with Gasteiger partial charge < -0.3 is 35.6 Å². The lowest BCUT2D eigenvalue weighted by molar-refractivity contribution is -0.247. The van der Waals surface area contributed by atoms with Crippen LogP contribution < -0.4 is 5.73 Å². The minimum absolute atomic E-state index is 0.00692. The van der Waals surface area contributed by atoms with Crippen LogP contribution in [0.15, 0.2) is 30.3 Å². The summed E-state index contributed by atoms with van der Waals surface area (Å²) in [5.74, 6) is -2.39. The van der Waals surface area contributed by atoms with Gasteiger partial charge >= 0.3 is 0 Å². The molecule has 0 radical (unpaired) electrons. The Kier molecular flexibility index (Phi) is 6.06. The van der Waals surface area contributed by atoms with Crippen LogP contribution in [-0.2, 0) is 20.7 Å². The van der Waals surface area contributed by atoms with Crippen molar-refractivity contribution < 1.29 is 44.3 Å². The molecule has 0 saturated carbocycles. The van der Waals surface area contributed by atoms with E-state index in [9.17, 15) is 34.8 Å². The Morgan fingerprint density at radius 1 is 1.19 bits per heavy atom. The van der Waals surface area contributed by atoms with Crippen molar-refractivity contribution in [1.29, 1.82) is 0 Å². The Balaban J connectivity index is 1.62. The Morgan fingerprint density at radius 2 is 1.86 bits per heavy atom. The van der Waals surface area contributed by atoms with Crippen LogP contribution in [0.25, 0.3) is 0 Å². The molecule has 1 heterocycles. The molecule has 3 aliphatic rings. The molecule has 0 unspecified atom stereocenters. The molecule has 5 rings (SSSR count). The number of hydrogen-bond donors (Lipinski definition) is 5. The van der Waals surface area contributed by atoms with Crippen molar-refractivity contribution in [3.8, 4) is 5.75 Å².